The summed E-state index contributed by atoms with van der Waals surface area (Å²) in [5.74, 6) is -0.170. The van der Waals surface area contributed by atoms with Crippen LogP contribution in [0.15, 0.2) is 0 Å². The molecule has 10 heteroatoms. The van der Waals surface area contributed by atoms with Crippen LogP contribution in [0.5, 0.6) is 0 Å². The second kappa shape index (κ2) is 10.5. The lowest BCUT2D eigenvalue weighted by Gasteiger charge is -2.56. The maximum absolute atomic E-state index is 14.3. The molecule has 5 amide bonds. The van der Waals surface area contributed by atoms with Crippen molar-refractivity contribution in [1.29, 1.82) is 0 Å². The van der Waals surface area contributed by atoms with Gasteiger partial charge in [0.25, 0.3) is 5.91 Å². The van der Waals surface area contributed by atoms with Crippen molar-refractivity contribution in [1.82, 2.24) is 20.9 Å². The van der Waals surface area contributed by atoms with E-state index in [0.29, 0.717) is 30.7 Å². The zero-order valence-corrected chi connectivity index (χ0v) is 26.5. The van der Waals surface area contributed by atoms with E-state index in [0.717, 1.165) is 38.5 Å². The number of rotatable bonds is 9. The zero-order chi connectivity index (χ0) is 31.1. The molecule has 2 unspecified atom stereocenters. The van der Waals surface area contributed by atoms with Crippen molar-refractivity contribution in [3.05, 3.63) is 0 Å². The molecule has 10 nitrogen and oxygen atoms in total. The van der Waals surface area contributed by atoms with Crippen molar-refractivity contribution in [3.8, 4) is 0 Å². The molecule has 7 rings (SSSR count). The van der Waals surface area contributed by atoms with E-state index in [1.165, 1.54) is 19.3 Å². The van der Waals surface area contributed by atoms with Crippen molar-refractivity contribution in [2.45, 2.75) is 122 Å². The molecule has 6 saturated carbocycles. The quantitative estimate of drug-likeness (QED) is 0.302. The van der Waals surface area contributed by atoms with Gasteiger partial charge in [0, 0.05) is 12.1 Å². The number of nitrogens with zero attached hydrogens (tertiary/aromatic N) is 1. The number of Topliss-reactive ketones (excluding diaryl/α,β-unsaturated/α-hetero) is 1. The fourth-order valence-electron chi connectivity index (χ4n) is 10.0. The number of nitrogens with one attached hydrogen (secondary N) is 3. The highest BCUT2D eigenvalue weighted by Crippen LogP contribution is 2.65. The number of ketones is 1. The Balaban J connectivity index is 1.18. The molecule has 238 valence electrons. The number of amides is 5. The predicted octanol–water partition coefficient (Wildman–Crippen LogP) is 2.88. The Kier molecular flexibility index (Phi) is 7.40. The number of nitrogens with two attached hydrogens (primary N) is 1. The summed E-state index contributed by atoms with van der Waals surface area (Å²) in [7, 11) is 0. The molecule has 0 aromatic carbocycles. The van der Waals surface area contributed by atoms with Gasteiger partial charge in [-0.3, -0.25) is 19.2 Å². The van der Waals surface area contributed by atoms with Gasteiger partial charge in [0.2, 0.25) is 17.6 Å². The number of hydrogen-bond donors (Lipinski definition) is 4. The molecule has 7 aliphatic rings. The Morgan fingerprint density at radius 1 is 0.930 bits per heavy atom. The van der Waals surface area contributed by atoms with Crippen LogP contribution in [0.1, 0.15) is 98.8 Å². The Morgan fingerprint density at radius 2 is 1.51 bits per heavy atom. The summed E-state index contributed by atoms with van der Waals surface area (Å²) in [4.78, 5) is 67.9. The minimum atomic E-state index is -1.06. The molecular formula is C33H51N5O5. The average molecular weight is 598 g/mol. The number of hydrogen-bond acceptors (Lipinski definition) is 5. The fourth-order valence-corrected chi connectivity index (χ4v) is 10.0. The molecule has 1 heterocycles. The van der Waals surface area contributed by atoms with Crippen molar-refractivity contribution in [2.24, 2.45) is 52.1 Å². The molecule has 5 N–H and O–H groups in total. The Hall–Kier alpha value is -2.65. The topological polar surface area (TPSA) is 151 Å². The smallest absolute Gasteiger partial charge is 0.315 e. The molecule has 1 aliphatic heterocycles. The van der Waals surface area contributed by atoms with E-state index in [1.807, 2.05) is 20.8 Å². The third kappa shape index (κ3) is 5.56. The van der Waals surface area contributed by atoms with Gasteiger partial charge >= 0.3 is 6.03 Å². The molecule has 6 aliphatic carbocycles. The van der Waals surface area contributed by atoms with Crippen LogP contribution in [0.25, 0.3) is 0 Å². The molecule has 0 radical (unpaired) electrons. The van der Waals surface area contributed by atoms with Crippen molar-refractivity contribution in [3.63, 3.8) is 0 Å². The van der Waals surface area contributed by atoms with E-state index < -0.39 is 41.1 Å². The number of carbonyl (C=O) groups is 5. The lowest BCUT2D eigenvalue weighted by Crippen LogP contribution is -2.65. The van der Waals surface area contributed by atoms with Crippen LogP contribution in [-0.4, -0.2) is 64.6 Å². The maximum Gasteiger partial charge on any atom is 0.315 e. The van der Waals surface area contributed by atoms with E-state index in [1.54, 1.807) is 4.90 Å². The van der Waals surface area contributed by atoms with E-state index >= 15 is 0 Å². The number of piperidine rings is 1. The summed E-state index contributed by atoms with van der Waals surface area (Å²) in [6.45, 7) is 10.4. The van der Waals surface area contributed by atoms with Crippen molar-refractivity contribution < 1.29 is 24.0 Å². The van der Waals surface area contributed by atoms with Crippen LogP contribution in [0.4, 0.5) is 4.79 Å². The third-order valence-corrected chi connectivity index (χ3v) is 12.2. The van der Waals surface area contributed by atoms with Crippen LogP contribution < -0.4 is 21.7 Å². The first-order valence-corrected chi connectivity index (χ1v) is 16.6. The van der Waals surface area contributed by atoms with E-state index in [4.69, 9.17) is 5.73 Å². The Labute approximate surface area is 255 Å². The Bertz CT molecular complexity index is 1170. The SMILES string of the molecule is CC(C)(C)[C@H](NC(=O)NC12CC3CC(CC(C3)C1)C2)C(=O)N1CC2[C@@H]([C@H]1C(=O)NC(CC1CCC1)C(=O)C(N)=O)C2(C)C. The first-order valence-electron chi connectivity index (χ1n) is 16.6. The predicted molar refractivity (Wildman–Crippen MR) is 160 cm³/mol. The highest BCUT2D eigenvalue weighted by molar-refractivity contribution is 6.37. The molecule has 1 saturated heterocycles. The van der Waals surface area contributed by atoms with Gasteiger partial charge in [0.05, 0.1) is 6.04 Å². The standard InChI is InChI=1S/C33H51N5O5/c1-31(2,3)26(36-30(43)37-33-13-18-9-19(14-33)11-20(10-18)15-33)29(42)38-16-21-23(32(21,4)5)24(38)28(41)35-22(25(39)27(34)40)12-17-7-6-8-17/h17-24,26H,6-16H2,1-5H3,(H2,34,40)(H,35,41)(H2,36,37,43)/t18?,19?,20?,21?,22?,23-,24-,26+,33?/m0/s1. The average Bonchev–Trinajstić information content (AvgIpc) is 3.18. The first kappa shape index (κ1) is 30.4. The summed E-state index contributed by atoms with van der Waals surface area (Å²) in [5.41, 5.74) is 4.43. The van der Waals surface area contributed by atoms with Crippen LogP contribution >= 0.6 is 0 Å². The molecular weight excluding hydrogens is 546 g/mol. The lowest BCUT2D eigenvalue weighted by atomic mass is 9.53. The summed E-state index contributed by atoms with van der Waals surface area (Å²) < 4.78 is 0. The van der Waals surface area contributed by atoms with E-state index in [9.17, 15) is 24.0 Å². The zero-order valence-electron chi connectivity index (χ0n) is 26.5. The van der Waals surface area contributed by atoms with Crippen LogP contribution in [0.3, 0.4) is 0 Å². The van der Waals surface area contributed by atoms with Gasteiger partial charge in [-0.1, -0.05) is 53.9 Å². The van der Waals surface area contributed by atoms with Gasteiger partial charge in [0.1, 0.15) is 12.1 Å². The monoisotopic (exact) mass is 597 g/mol. The molecule has 43 heavy (non-hydrogen) atoms. The second-order valence-electron chi connectivity index (χ2n) is 16.8. The summed E-state index contributed by atoms with van der Waals surface area (Å²) in [5, 5.41) is 9.22. The summed E-state index contributed by atoms with van der Waals surface area (Å²) in [6.07, 6.45) is 10.2. The van der Waals surface area contributed by atoms with Crippen molar-refractivity contribution >= 4 is 29.5 Å². The minimum absolute atomic E-state index is 0.0639. The highest BCUT2D eigenvalue weighted by Gasteiger charge is 2.70. The minimum Gasteiger partial charge on any atom is -0.363 e. The number of likely N-dealkylation sites (tertiary alicyclic amines) is 1. The molecule has 0 spiro atoms. The summed E-state index contributed by atoms with van der Waals surface area (Å²) >= 11 is 0. The Morgan fingerprint density at radius 3 is 2.00 bits per heavy atom. The van der Waals surface area contributed by atoms with Crippen LogP contribution in [0, 0.1) is 46.3 Å². The maximum atomic E-state index is 14.3. The largest absolute Gasteiger partial charge is 0.363 e. The van der Waals surface area contributed by atoms with Gasteiger partial charge in [-0.2, -0.15) is 0 Å². The van der Waals surface area contributed by atoms with Crippen LogP contribution in [0.2, 0.25) is 0 Å². The number of fused-ring (bicyclic) bond motifs is 1. The molecule has 0 aromatic rings. The van der Waals surface area contributed by atoms with Gasteiger partial charge in [0.15, 0.2) is 0 Å². The second-order valence-corrected chi connectivity index (χ2v) is 16.8. The van der Waals surface area contributed by atoms with Gasteiger partial charge in [-0.05, 0) is 91.3 Å². The molecule has 4 bridgehead atoms. The van der Waals surface area contributed by atoms with E-state index in [2.05, 4.69) is 29.8 Å². The van der Waals surface area contributed by atoms with Gasteiger partial charge in [-0.15, -0.1) is 0 Å². The number of carbonyl (C=O) groups excluding carboxylic acids is 5. The first-order chi connectivity index (χ1) is 20.1. The van der Waals surface area contributed by atoms with E-state index in [-0.39, 0.29) is 40.6 Å². The highest BCUT2D eigenvalue weighted by atomic mass is 16.2. The lowest BCUT2D eigenvalue weighted by molar-refractivity contribution is -0.145. The fraction of sp³-hybridized carbons (Fsp3) is 0.848. The van der Waals surface area contributed by atoms with Crippen molar-refractivity contribution in [2.75, 3.05) is 6.54 Å². The molecule has 7 fully saturated rings. The van der Waals surface area contributed by atoms with Crippen LogP contribution in [-0.2, 0) is 19.2 Å². The normalized spacial score (nSPS) is 36.6. The number of primary amides is 1. The number of urea groups is 1. The van der Waals surface area contributed by atoms with Gasteiger partial charge in [-0.25, -0.2) is 4.79 Å². The summed E-state index contributed by atoms with van der Waals surface area (Å²) in [6, 6.07) is -2.92. The third-order valence-electron chi connectivity index (χ3n) is 12.2. The van der Waals surface area contributed by atoms with Gasteiger partial charge < -0.3 is 26.6 Å². The molecule has 5 atom stereocenters. The molecule has 0 aromatic heterocycles.